The minimum absolute atomic E-state index is 0.0640. The van der Waals surface area contributed by atoms with Crippen LogP contribution in [0.3, 0.4) is 0 Å². The van der Waals surface area contributed by atoms with Crippen LogP contribution in [0, 0.1) is 11.8 Å². The van der Waals surface area contributed by atoms with E-state index in [4.69, 9.17) is 0 Å². The summed E-state index contributed by atoms with van der Waals surface area (Å²) >= 11 is 0. The molecular weight excluding hydrogens is 244 g/mol. The zero-order valence-corrected chi connectivity index (χ0v) is 11.3. The number of hydrogen-bond donors (Lipinski definition) is 2. The lowest BCUT2D eigenvalue weighted by Gasteiger charge is -2.34. The van der Waals surface area contributed by atoms with Gasteiger partial charge >= 0.3 is 5.97 Å². The third-order valence-electron chi connectivity index (χ3n) is 5.14. The Morgan fingerprint density at radius 2 is 2.05 bits per heavy atom. The molecule has 5 unspecified atom stereocenters. The molecule has 0 aromatic rings. The second-order valence-corrected chi connectivity index (χ2v) is 6.28. The van der Waals surface area contributed by atoms with Crippen molar-refractivity contribution in [2.24, 2.45) is 11.8 Å². The molecule has 3 heterocycles. The number of piperidine rings is 1. The molecule has 3 aliphatic rings. The van der Waals surface area contributed by atoms with Crippen molar-refractivity contribution < 1.29 is 14.7 Å². The van der Waals surface area contributed by atoms with Gasteiger partial charge in [-0.05, 0) is 44.6 Å². The molecule has 3 aliphatic heterocycles. The summed E-state index contributed by atoms with van der Waals surface area (Å²) < 4.78 is 0. The van der Waals surface area contributed by atoms with Crippen molar-refractivity contribution in [3.05, 3.63) is 0 Å². The average Bonchev–Trinajstić information content (AvgIpc) is 2.96. The number of carbonyl (C=O) groups excluding carboxylic acids is 1. The van der Waals surface area contributed by atoms with Gasteiger partial charge in [-0.15, -0.1) is 0 Å². The molecule has 0 aromatic carbocycles. The van der Waals surface area contributed by atoms with E-state index in [0.717, 1.165) is 32.2 Å². The Morgan fingerprint density at radius 3 is 2.68 bits per heavy atom. The minimum Gasteiger partial charge on any atom is -0.481 e. The van der Waals surface area contributed by atoms with E-state index in [1.54, 1.807) is 0 Å². The Morgan fingerprint density at radius 1 is 1.26 bits per heavy atom. The maximum atomic E-state index is 12.7. The lowest BCUT2D eigenvalue weighted by molar-refractivity contribution is -0.143. The van der Waals surface area contributed by atoms with Crippen LogP contribution in [-0.4, -0.2) is 46.6 Å². The quantitative estimate of drug-likeness (QED) is 0.777. The smallest absolute Gasteiger partial charge is 0.308 e. The van der Waals surface area contributed by atoms with Crippen LogP contribution in [0.4, 0.5) is 0 Å². The number of carboxylic acids is 1. The van der Waals surface area contributed by atoms with Gasteiger partial charge in [0.15, 0.2) is 0 Å². The van der Waals surface area contributed by atoms with Crippen LogP contribution in [0.15, 0.2) is 0 Å². The molecule has 0 spiro atoms. The number of carboxylic acid groups (broad SMARTS) is 1. The fraction of sp³-hybridized carbons (Fsp3) is 0.857. The molecule has 106 valence electrons. The van der Waals surface area contributed by atoms with Crippen LogP contribution >= 0.6 is 0 Å². The highest BCUT2D eigenvalue weighted by molar-refractivity contribution is 5.85. The molecular formula is C14H22N2O3. The normalized spacial score (nSPS) is 41.5. The number of rotatable bonds is 2. The van der Waals surface area contributed by atoms with Gasteiger partial charge in [0, 0.05) is 12.1 Å². The summed E-state index contributed by atoms with van der Waals surface area (Å²) in [6.45, 7) is 3.01. The Kier molecular flexibility index (Phi) is 3.25. The Bertz CT molecular complexity index is 398. The molecule has 5 atom stereocenters. The Hall–Kier alpha value is -1.10. The van der Waals surface area contributed by atoms with Gasteiger partial charge in [0.1, 0.15) is 0 Å². The summed E-state index contributed by atoms with van der Waals surface area (Å²) in [7, 11) is 0. The molecule has 2 N–H and O–H groups in total. The number of hydrogen-bond acceptors (Lipinski definition) is 3. The van der Waals surface area contributed by atoms with E-state index in [9.17, 15) is 14.7 Å². The number of nitrogens with zero attached hydrogens (tertiary/aromatic N) is 1. The van der Waals surface area contributed by atoms with Gasteiger partial charge in [0.25, 0.3) is 0 Å². The molecule has 1 amide bonds. The first kappa shape index (κ1) is 12.9. The third kappa shape index (κ3) is 2.04. The summed E-state index contributed by atoms with van der Waals surface area (Å²) in [6.07, 6.45) is 4.67. The van der Waals surface area contributed by atoms with Gasteiger partial charge in [-0.1, -0.05) is 6.92 Å². The van der Waals surface area contributed by atoms with Crippen molar-refractivity contribution in [3.63, 3.8) is 0 Å². The predicted molar refractivity (Wildman–Crippen MR) is 69.6 cm³/mol. The average molecular weight is 266 g/mol. The first-order valence-electron chi connectivity index (χ1n) is 7.38. The van der Waals surface area contributed by atoms with Crippen LogP contribution in [0.25, 0.3) is 0 Å². The van der Waals surface area contributed by atoms with Crippen LogP contribution in [0.5, 0.6) is 0 Å². The highest BCUT2D eigenvalue weighted by atomic mass is 16.4. The molecule has 5 heteroatoms. The van der Waals surface area contributed by atoms with Gasteiger partial charge in [0.05, 0.1) is 12.0 Å². The number of aliphatic carboxylic acids is 1. The Labute approximate surface area is 113 Å². The highest BCUT2D eigenvalue weighted by Crippen LogP contribution is 2.42. The van der Waals surface area contributed by atoms with Crippen LogP contribution in [0.2, 0.25) is 0 Å². The lowest BCUT2D eigenvalue weighted by atomic mass is 9.89. The molecule has 3 fully saturated rings. The van der Waals surface area contributed by atoms with E-state index in [1.165, 1.54) is 0 Å². The first-order valence-corrected chi connectivity index (χ1v) is 7.38. The predicted octanol–water partition coefficient (Wildman–Crippen LogP) is 0.839. The molecule has 0 aromatic heterocycles. The maximum Gasteiger partial charge on any atom is 0.308 e. The summed E-state index contributed by atoms with van der Waals surface area (Å²) in [5.74, 6) is -0.593. The molecule has 3 saturated heterocycles. The van der Waals surface area contributed by atoms with Crippen molar-refractivity contribution >= 4 is 11.9 Å². The van der Waals surface area contributed by atoms with E-state index in [-0.39, 0.29) is 30.0 Å². The summed E-state index contributed by atoms with van der Waals surface area (Å²) in [4.78, 5) is 25.9. The van der Waals surface area contributed by atoms with Gasteiger partial charge in [-0.3, -0.25) is 9.59 Å². The molecule has 0 aliphatic carbocycles. The largest absolute Gasteiger partial charge is 0.481 e. The number of carbonyl (C=O) groups is 2. The topological polar surface area (TPSA) is 69.6 Å². The molecule has 2 bridgehead atoms. The van der Waals surface area contributed by atoms with Gasteiger partial charge in [-0.25, -0.2) is 0 Å². The first-order chi connectivity index (χ1) is 9.09. The molecule has 0 saturated carbocycles. The van der Waals surface area contributed by atoms with Crippen LogP contribution in [-0.2, 0) is 9.59 Å². The highest BCUT2D eigenvalue weighted by Gasteiger charge is 2.52. The van der Waals surface area contributed by atoms with E-state index >= 15 is 0 Å². The summed E-state index contributed by atoms with van der Waals surface area (Å²) in [5.41, 5.74) is 0. The second-order valence-electron chi connectivity index (χ2n) is 6.28. The lowest BCUT2D eigenvalue weighted by Crippen LogP contribution is -2.54. The molecule has 0 radical (unpaired) electrons. The number of amides is 1. The number of fused-ring (bicyclic) bond motifs is 2. The maximum absolute atomic E-state index is 12.7. The third-order valence-corrected chi connectivity index (χ3v) is 5.14. The SMILES string of the molecule is CC1CCCNC1C(=O)N1C2CCC1C(C(=O)O)C2. The zero-order valence-electron chi connectivity index (χ0n) is 11.3. The monoisotopic (exact) mass is 266 g/mol. The van der Waals surface area contributed by atoms with Crippen molar-refractivity contribution in [2.75, 3.05) is 6.54 Å². The van der Waals surface area contributed by atoms with Crippen molar-refractivity contribution in [1.82, 2.24) is 10.2 Å². The fourth-order valence-electron chi connectivity index (χ4n) is 4.14. The zero-order chi connectivity index (χ0) is 13.6. The standard InChI is InChI=1S/C14H22N2O3/c1-8-3-2-6-15-12(8)13(17)16-9-4-5-11(16)10(7-9)14(18)19/h8-12,15H,2-7H2,1H3,(H,18,19). The summed E-state index contributed by atoms with van der Waals surface area (Å²) in [5, 5.41) is 12.6. The van der Waals surface area contributed by atoms with Gasteiger partial charge < -0.3 is 15.3 Å². The number of nitrogens with one attached hydrogen (secondary N) is 1. The van der Waals surface area contributed by atoms with E-state index in [0.29, 0.717) is 12.3 Å². The summed E-state index contributed by atoms with van der Waals surface area (Å²) in [6, 6.07) is -0.00940. The van der Waals surface area contributed by atoms with E-state index in [1.807, 2.05) is 4.90 Å². The Balaban J connectivity index is 1.75. The molecule has 19 heavy (non-hydrogen) atoms. The van der Waals surface area contributed by atoms with E-state index in [2.05, 4.69) is 12.2 Å². The molecule has 3 rings (SSSR count). The van der Waals surface area contributed by atoms with E-state index < -0.39 is 5.97 Å². The van der Waals surface area contributed by atoms with Gasteiger partial charge in [-0.2, -0.15) is 0 Å². The molecule has 5 nitrogen and oxygen atoms in total. The van der Waals surface area contributed by atoms with Gasteiger partial charge in [0.2, 0.25) is 5.91 Å². The van der Waals surface area contributed by atoms with Crippen LogP contribution < -0.4 is 5.32 Å². The van der Waals surface area contributed by atoms with Crippen LogP contribution in [0.1, 0.15) is 39.0 Å². The second kappa shape index (κ2) is 4.78. The van der Waals surface area contributed by atoms with Crippen molar-refractivity contribution in [1.29, 1.82) is 0 Å². The minimum atomic E-state index is -0.741. The van der Waals surface area contributed by atoms with Crippen molar-refractivity contribution in [2.45, 2.75) is 57.2 Å². The fourth-order valence-corrected chi connectivity index (χ4v) is 4.14. The van der Waals surface area contributed by atoms with Crippen molar-refractivity contribution in [3.8, 4) is 0 Å².